The maximum absolute atomic E-state index is 12.0. The van der Waals surface area contributed by atoms with Gasteiger partial charge in [0.25, 0.3) is 0 Å². The van der Waals surface area contributed by atoms with Crippen molar-refractivity contribution in [1.29, 1.82) is 0 Å². The molecule has 0 aromatic heterocycles. The summed E-state index contributed by atoms with van der Waals surface area (Å²) in [5.41, 5.74) is 0.637. The van der Waals surface area contributed by atoms with Gasteiger partial charge in [0, 0.05) is 23.0 Å². The van der Waals surface area contributed by atoms with Gasteiger partial charge in [0.2, 0.25) is 5.91 Å². The van der Waals surface area contributed by atoms with Crippen LogP contribution in [0.1, 0.15) is 31.4 Å². The molecular weight excluding hydrogens is 301 g/mol. The number of carbonyl (C=O) groups excluding carboxylic acids is 1. The number of piperidine rings is 1. The number of carbonyl (C=O) groups is 2. The Kier molecular flexibility index (Phi) is 4.55. The van der Waals surface area contributed by atoms with E-state index in [0.717, 1.165) is 0 Å². The highest BCUT2D eigenvalue weighted by Crippen LogP contribution is 2.40. The lowest BCUT2D eigenvalue weighted by Crippen LogP contribution is -2.45. The SMILES string of the molecule is CCN1C(=O)CCC(C(=O)O)C1c1ccc(Cl)cc1Cl. The highest BCUT2D eigenvalue weighted by Gasteiger charge is 2.40. The van der Waals surface area contributed by atoms with Gasteiger partial charge in [0.1, 0.15) is 0 Å². The van der Waals surface area contributed by atoms with E-state index in [1.165, 1.54) is 0 Å². The molecule has 4 nitrogen and oxygen atoms in total. The summed E-state index contributed by atoms with van der Waals surface area (Å²) in [6, 6.07) is 4.40. The molecule has 1 N–H and O–H groups in total. The zero-order valence-corrected chi connectivity index (χ0v) is 12.5. The van der Waals surface area contributed by atoms with Crippen LogP contribution in [0.3, 0.4) is 0 Å². The van der Waals surface area contributed by atoms with E-state index in [9.17, 15) is 14.7 Å². The number of aliphatic carboxylic acids is 1. The molecule has 2 rings (SSSR count). The minimum absolute atomic E-state index is 0.0407. The van der Waals surface area contributed by atoms with E-state index in [1.54, 1.807) is 23.1 Å². The Morgan fingerprint density at radius 3 is 2.70 bits per heavy atom. The Labute approximate surface area is 127 Å². The van der Waals surface area contributed by atoms with Gasteiger partial charge in [-0.3, -0.25) is 9.59 Å². The second kappa shape index (κ2) is 6.02. The van der Waals surface area contributed by atoms with Crippen molar-refractivity contribution in [2.75, 3.05) is 6.54 Å². The monoisotopic (exact) mass is 315 g/mol. The zero-order chi connectivity index (χ0) is 14.9. The number of carboxylic acids is 1. The predicted molar refractivity (Wildman–Crippen MR) is 76.9 cm³/mol. The first kappa shape index (κ1) is 15.1. The van der Waals surface area contributed by atoms with Gasteiger partial charge in [-0.2, -0.15) is 0 Å². The number of hydrogen-bond donors (Lipinski definition) is 1. The Morgan fingerprint density at radius 1 is 1.45 bits per heavy atom. The van der Waals surface area contributed by atoms with Gasteiger partial charge in [0.05, 0.1) is 12.0 Å². The summed E-state index contributed by atoms with van der Waals surface area (Å²) >= 11 is 12.1. The molecule has 6 heteroatoms. The largest absolute Gasteiger partial charge is 0.481 e. The van der Waals surface area contributed by atoms with Crippen LogP contribution in [0.4, 0.5) is 0 Å². The van der Waals surface area contributed by atoms with E-state index in [0.29, 0.717) is 28.6 Å². The van der Waals surface area contributed by atoms with Crippen LogP contribution in [0.2, 0.25) is 10.0 Å². The standard InChI is InChI=1S/C14H15Cl2NO3/c1-2-17-12(18)6-5-10(14(19)20)13(17)9-4-3-8(15)7-11(9)16/h3-4,7,10,13H,2,5-6H2,1H3,(H,19,20). The number of halogens is 2. The average Bonchev–Trinajstić information content (AvgIpc) is 2.38. The number of carboxylic acid groups (broad SMARTS) is 1. The first-order valence-corrected chi connectivity index (χ1v) is 7.18. The summed E-state index contributed by atoms with van der Waals surface area (Å²) in [7, 11) is 0. The number of likely N-dealkylation sites (tertiary alicyclic amines) is 1. The fourth-order valence-corrected chi connectivity index (χ4v) is 3.23. The second-order valence-corrected chi connectivity index (χ2v) is 5.62. The molecule has 1 aromatic rings. The number of rotatable bonds is 3. The van der Waals surface area contributed by atoms with Crippen LogP contribution in [-0.2, 0) is 9.59 Å². The van der Waals surface area contributed by atoms with Gasteiger partial charge in [-0.05, 0) is 31.0 Å². The predicted octanol–water partition coefficient (Wildman–Crippen LogP) is 3.38. The van der Waals surface area contributed by atoms with Crippen LogP contribution >= 0.6 is 23.2 Å². The summed E-state index contributed by atoms with van der Waals surface area (Å²) in [6.07, 6.45) is 0.584. The summed E-state index contributed by atoms with van der Waals surface area (Å²) < 4.78 is 0. The Morgan fingerprint density at radius 2 is 2.15 bits per heavy atom. The molecule has 2 atom stereocenters. The minimum Gasteiger partial charge on any atom is -0.481 e. The molecule has 1 aliphatic heterocycles. The molecule has 1 aliphatic rings. The van der Waals surface area contributed by atoms with Crippen molar-refractivity contribution < 1.29 is 14.7 Å². The van der Waals surface area contributed by atoms with Crippen molar-refractivity contribution in [3.63, 3.8) is 0 Å². The fraction of sp³-hybridized carbons (Fsp3) is 0.429. The summed E-state index contributed by atoms with van der Waals surface area (Å²) in [4.78, 5) is 25.1. The van der Waals surface area contributed by atoms with Gasteiger partial charge >= 0.3 is 5.97 Å². The summed E-state index contributed by atoms with van der Waals surface area (Å²) in [5.74, 6) is -1.60. The van der Waals surface area contributed by atoms with Crippen LogP contribution < -0.4 is 0 Å². The van der Waals surface area contributed by atoms with Gasteiger partial charge in [-0.15, -0.1) is 0 Å². The lowest BCUT2D eigenvalue weighted by molar-refractivity contribution is -0.151. The topological polar surface area (TPSA) is 57.6 Å². The van der Waals surface area contributed by atoms with E-state index < -0.39 is 17.9 Å². The maximum Gasteiger partial charge on any atom is 0.308 e. The van der Waals surface area contributed by atoms with Crippen LogP contribution in [0.25, 0.3) is 0 Å². The van der Waals surface area contributed by atoms with Crippen molar-refractivity contribution in [3.8, 4) is 0 Å². The van der Waals surface area contributed by atoms with E-state index in [1.807, 2.05) is 6.92 Å². The van der Waals surface area contributed by atoms with Crippen molar-refractivity contribution in [2.24, 2.45) is 5.92 Å². The van der Waals surface area contributed by atoms with Crippen molar-refractivity contribution in [1.82, 2.24) is 4.90 Å². The van der Waals surface area contributed by atoms with Crippen molar-refractivity contribution in [3.05, 3.63) is 33.8 Å². The molecule has 20 heavy (non-hydrogen) atoms. The number of benzene rings is 1. The third kappa shape index (κ3) is 2.76. The highest BCUT2D eigenvalue weighted by molar-refractivity contribution is 6.35. The van der Waals surface area contributed by atoms with Gasteiger partial charge in [-0.25, -0.2) is 0 Å². The van der Waals surface area contributed by atoms with Crippen LogP contribution in [-0.4, -0.2) is 28.4 Å². The van der Waals surface area contributed by atoms with E-state index in [2.05, 4.69) is 0 Å². The fourth-order valence-electron chi connectivity index (χ4n) is 2.71. The summed E-state index contributed by atoms with van der Waals surface area (Å²) in [5, 5.41) is 10.3. The molecule has 0 radical (unpaired) electrons. The Balaban J connectivity index is 2.49. The minimum atomic E-state index is -0.910. The van der Waals surface area contributed by atoms with Crippen LogP contribution in [0.5, 0.6) is 0 Å². The molecule has 108 valence electrons. The second-order valence-electron chi connectivity index (χ2n) is 4.77. The highest BCUT2D eigenvalue weighted by atomic mass is 35.5. The third-order valence-electron chi connectivity index (χ3n) is 3.65. The molecule has 1 aromatic carbocycles. The van der Waals surface area contributed by atoms with Gasteiger partial charge in [-0.1, -0.05) is 29.3 Å². The third-order valence-corrected chi connectivity index (χ3v) is 4.21. The molecule has 0 spiro atoms. The molecule has 0 bridgehead atoms. The molecule has 1 fully saturated rings. The van der Waals surface area contributed by atoms with Gasteiger partial charge < -0.3 is 10.0 Å². The maximum atomic E-state index is 12.0. The normalized spacial score (nSPS) is 22.9. The van der Waals surface area contributed by atoms with Crippen LogP contribution in [0, 0.1) is 5.92 Å². The Bertz CT molecular complexity index is 545. The number of amides is 1. The lowest BCUT2D eigenvalue weighted by Gasteiger charge is -2.39. The number of hydrogen-bond acceptors (Lipinski definition) is 2. The molecule has 1 amide bonds. The molecule has 0 aliphatic carbocycles. The first-order chi connectivity index (χ1) is 9.45. The first-order valence-electron chi connectivity index (χ1n) is 6.43. The molecule has 1 heterocycles. The lowest BCUT2D eigenvalue weighted by atomic mass is 9.84. The van der Waals surface area contributed by atoms with E-state index >= 15 is 0 Å². The van der Waals surface area contributed by atoms with Crippen molar-refractivity contribution in [2.45, 2.75) is 25.8 Å². The van der Waals surface area contributed by atoms with Crippen molar-refractivity contribution >= 4 is 35.1 Å². The van der Waals surface area contributed by atoms with E-state index in [4.69, 9.17) is 23.2 Å². The molecule has 1 saturated heterocycles. The number of nitrogens with zero attached hydrogens (tertiary/aromatic N) is 1. The Hall–Kier alpha value is -1.26. The van der Waals surface area contributed by atoms with Crippen LogP contribution in [0.15, 0.2) is 18.2 Å². The summed E-state index contributed by atoms with van der Waals surface area (Å²) in [6.45, 7) is 2.28. The molecule has 2 unspecified atom stereocenters. The quantitative estimate of drug-likeness (QED) is 0.930. The molecular formula is C14H15Cl2NO3. The van der Waals surface area contributed by atoms with Gasteiger partial charge in [0.15, 0.2) is 0 Å². The zero-order valence-electron chi connectivity index (χ0n) is 11.0. The molecule has 0 saturated carbocycles. The smallest absolute Gasteiger partial charge is 0.308 e. The van der Waals surface area contributed by atoms with E-state index in [-0.39, 0.29) is 12.3 Å². The average molecular weight is 316 g/mol.